The molecule has 0 aliphatic carbocycles. The summed E-state index contributed by atoms with van der Waals surface area (Å²) in [6, 6.07) is 3.32. The fraction of sp³-hybridized carbons (Fsp3) is 0.500. The third-order valence-electron chi connectivity index (χ3n) is 1.89. The quantitative estimate of drug-likeness (QED) is 0.679. The molecule has 1 aromatic rings. The molecule has 0 spiro atoms. The number of hydrogen-bond acceptors (Lipinski definition) is 5. The maximum absolute atomic E-state index is 11.5. The van der Waals surface area contributed by atoms with E-state index in [0.717, 1.165) is 0 Å². The van der Waals surface area contributed by atoms with Crippen LogP contribution in [0.5, 0.6) is 0 Å². The molecule has 1 aromatic heterocycles. The molecule has 6 heteroatoms. The zero-order valence-corrected chi connectivity index (χ0v) is 9.49. The number of nitrogens with one attached hydrogen (secondary N) is 2. The van der Waals surface area contributed by atoms with Gasteiger partial charge in [-0.2, -0.15) is 0 Å². The zero-order chi connectivity index (χ0) is 11.8. The Morgan fingerprint density at radius 3 is 2.81 bits per heavy atom. The Kier molecular flexibility index (Phi) is 5.21. The van der Waals surface area contributed by atoms with Gasteiger partial charge >= 0.3 is 0 Å². The van der Waals surface area contributed by atoms with Gasteiger partial charge in [-0.15, -0.1) is 10.2 Å². The van der Waals surface area contributed by atoms with Gasteiger partial charge in [0.2, 0.25) is 0 Å². The number of nitrogens with zero attached hydrogens (tertiary/aromatic N) is 2. The Hall–Kier alpha value is -1.69. The number of hydrogen-bond donors (Lipinski definition) is 2. The maximum atomic E-state index is 11.5. The Balaban J connectivity index is 2.40. The molecule has 2 N–H and O–H groups in total. The molecule has 88 valence electrons. The summed E-state index contributed by atoms with van der Waals surface area (Å²) >= 11 is 0. The van der Waals surface area contributed by atoms with Crippen molar-refractivity contribution in [1.29, 1.82) is 0 Å². The molecule has 0 fully saturated rings. The van der Waals surface area contributed by atoms with E-state index in [-0.39, 0.29) is 5.91 Å². The second-order valence-corrected chi connectivity index (χ2v) is 3.01. The van der Waals surface area contributed by atoms with E-state index in [1.165, 1.54) is 0 Å². The standard InChI is InChI=1S/C10H16N4O2/c1-3-16-7-6-12-10(15)8-4-5-9(11-2)14-13-8/h4-5H,3,6-7H2,1-2H3,(H,11,14)(H,12,15). The van der Waals surface area contributed by atoms with E-state index in [0.29, 0.717) is 31.3 Å². The molecular weight excluding hydrogens is 208 g/mol. The van der Waals surface area contributed by atoms with Crippen LogP contribution in [0.2, 0.25) is 0 Å². The fourth-order valence-corrected chi connectivity index (χ4v) is 1.06. The van der Waals surface area contributed by atoms with Crippen LogP contribution in [-0.2, 0) is 4.74 Å². The highest BCUT2D eigenvalue weighted by molar-refractivity contribution is 5.92. The first-order chi connectivity index (χ1) is 7.77. The lowest BCUT2D eigenvalue weighted by atomic mass is 10.3. The van der Waals surface area contributed by atoms with Crippen LogP contribution in [0.25, 0.3) is 0 Å². The van der Waals surface area contributed by atoms with Crippen LogP contribution < -0.4 is 10.6 Å². The van der Waals surface area contributed by atoms with Crippen molar-refractivity contribution in [3.8, 4) is 0 Å². The van der Waals surface area contributed by atoms with Gasteiger partial charge in [-0.05, 0) is 19.1 Å². The monoisotopic (exact) mass is 224 g/mol. The molecule has 0 atom stereocenters. The van der Waals surface area contributed by atoms with Crippen LogP contribution >= 0.6 is 0 Å². The first-order valence-electron chi connectivity index (χ1n) is 5.15. The molecule has 0 radical (unpaired) electrons. The van der Waals surface area contributed by atoms with Crippen molar-refractivity contribution in [2.45, 2.75) is 6.92 Å². The average molecular weight is 224 g/mol. The van der Waals surface area contributed by atoms with Gasteiger partial charge in [-0.1, -0.05) is 0 Å². The first-order valence-corrected chi connectivity index (χ1v) is 5.15. The Morgan fingerprint density at radius 1 is 1.44 bits per heavy atom. The van der Waals surface area contributed by atoms with Gasteiger partial charge < -0.3 is 15.4 Å². The van der Waals surface area contributed by atoms with E-state index < -0.39 is 0 Å². The third kappa shape index (κ3) is 3.82. The molecule has 0 saturated heterocycles. The summed E-state index contributed by atoms with van der Waals surface area (Å²) < 4.78 is 5.10. The van der Waals surface area contributed by atoms with Crippen LogP contribution in [0, 0.1) is 0 Å². The number of rotatable bonds is 6. The van der Waals surface area contributed by atoms with Gasteiger partial charge in [0, 0.05) is 20.2 Å². The van der Waals surface area contributed by atoms with E-state index >= 15 is 0 Å². The second-order valence-electron chi connectivity index (χ2n) is 3.01. The van der Waals surface area contributed by atoms with Crippen LogP contribution in [0.4, 0.5) is 5.82 Å². The van der Waals surface area contributed by atoms with Crippen molar-refractivity contribution in [3.05, 3.63) is 17.8 Å². The molecule has 1 rings (SSSR count). The highest BCUT2D eigenvalue weighted by Crippen LogP contribution is 1.99. The van der Waals surface area contributed by atoms with Crippen LogP contribution in [-0.4, -0.2) is 42.9 Å². The first kappa shape index (κ1) is 12.4. The van der Waals surface area contributed by atoms with Crippen LogP contribution in [0.15, 0.2) is 12.1 Å². The summed E-state index contributed by atoms with van der Waals surface area (Å²) in [5.74, 6) is 0.390. The molecule has 0 unspecified atom stereocenters. The van der Waals surface area contributed by atoms with Crippen LogP contribution in [0.3, 0.4) is 0 Å². The Morgan fingerprint density at radius 2 is 2.25 bits per heavy atom. The fourth-order valence-electron chi connectivity index (χ4n) is 1.06. The summed E-state index contributed by atoms with van der Waals surface area (Å²) in [5, 5.41) is 13.1. The average Bonchev–Trinajstić information content (AvgIpc) is 2.34. The molecule has 0 aromatic carbocycles. The van der Waals surface area contributed by atoms with Gasteiger partial charge in [0.15, 0.2) is 5.69 Å². The van der Waals surface area contributed by atoms with E-state index in [4.69, 9.17) is 4.74 Å². The van der Waals surface area contributed by atoms with Crippen LogP contribution in [0.1, 0.15) is 17.4 Å². The summed E-state index contributed by atoms with van der Waals surface area (Å²) in [6.07, 6.45) is 0. The van der Waals surface area contributed by atoms with E-state index in [2.05, 4.69) is 20.8 Å². The minimum atomic E-state index is -0.241. The Bertz CT molecular complexity index is 326. The minimum Gasteiger partial charge on any atom is -0.380 e. The molecule has 0 saturated carbocycles. The highest BCUT2D eigenvalue weighted by atomic mass is 16.5. The number of amides is 1. The normalized spacial score (nSPS) is 9.88. The van der Waals surface area contributed by atoms with Gasteiger partial charge in [-0.25, -0.2) is 0 Å². The number of aromatic nitrogens is 2. The predicted octanol–water partition coefficient (Wildman–Crippen LogP) is 0.285. The van der Waals surface area contributed by atoms with Gasteiger partial charge in [0.05, 0.1) is 6.61 Å². The van der Waals surface area contributed by atoms with Crippen molar-refractivity contribution < 1.29 is 9.53 Å². The van der Waals surface area contributed by atoms with Crippen molar-refractivity contribution in [1.82, 2.24) is 15.5 Å². The molecule has 16 heavy (non-hydrogen) atoms. The SMILES string of the molecule is CCOCCNC(=O)c1ccc(NC)nn1. The lowest BCUT2D eigenvalue weighted by molar-refractivity contribution is 0.0917. The smallest absolute Gasteiger partial charge is 0.271 e. The van der Waals surface area contributed by atoms with Crippen molar-refractivity contribution in [3.63, 3.8) is 0 Å². The largest absolute Gasteiger partial charge is 0.380 e. The molecule has 6 nitrogen and oxygen atoms in total. The molecule has 0 bridgehead atoms. The highest BCUT2D eigenvalue weighted by Gasteiger charge is 2.06. The second kappa shape index (κ2) is 6.73. The summed E-state index contributed by atoms with van der Waals surface area (Å²) in [4.78, 5) is 11.5. The number of carbonyl (C=O) groups is 1. The minimum absolute atomic E-state index is 0.241. The molecule has 1 heterocycles. The van der Waals surface area contributed by atoms with E-state index in [1.807, 2.05) is 6.92 Å². The third-order valence-corrected chi connectivity index (χ3v) is 1.89. The predicted molar refractivity (Wildman–Crippen MR) is 60.4 cm³/mol. The summed E-state index contributed by atoms with van der Waals surface area (Å²) in [6.45, 7) is 3.53. The molecule has 1 amide bonds. The number of carbonyl (C=O) groups excluding carboxylic acids is 1. The Labute approximate surface area is 94.4 Å². The van der Waals surface area contributed by atoms with E-state index in [9.17, 15) is 4.79 Å². The lowest BCUT2D eigenvalue weighted by Gasteiger charge is -2.04. The van der Waals surface area contributed by atoms with Gasteiger partial charge in [0.1, 0.15) is 5.82 Å². The summed E-state index contributed by atoms with van der Waals surface area (Å²) in [7, 11) is 1.74. The van der Waals surface area contributed by atoms with E-state index in [1.54, 1.807) is 19.2 Å². The lowest BCUT2D eigenvalue weighted by Crippen LogP contribution is -2.28. The number of anilines is 1. The van der Waals surface area contributed by atoms with Crippen molar-refractivity contribution in [2.75, 3.05) is 32.1 Å². The maximum Gasteiger partial charge on any atom is 0.271 e. The van der Waals surface area contributed by atoms with Gasteiger partial charge in [-0.3, -0.25) is 4.79 Å². The van der Waals surface area contributed by atoms with Crippen molar-refractivity contribution in [2.24, 2.45) is 0 Å². The molecule has 0 aliphatic rings. The number of ether oxygens (including phenoxy) is 1. The molecular formula is C10H16N4O2. The zero-order valence-electron chi connectivity index (χ0n) is 9.49. The van der Waals surface area contributed by atoms with Gasteiger partial charge in [0.25, 0.3) is 5.91 Å². The van der Waals surface area contributed by atoms with Crippen molar-refractivity contribution >= 4 is 11.7 Å². The summed E-state index contributed by atoms with van der Waals surface area (Å²) in [5.41, 5.74) is 0.301. The molecule has 0 aliphatic heterocycles. The topological polar surface area (TPSA) is 76.1 Å².